The molecule has 2 atom stereocenters. The third-order valence-electron chi connectivity index (χ3n) is 5.82. The van der Waals surface area contributed by atoms with Gasteiger partial charge in [-0.25, -0.2) is 9.59 Å². The molecule has 0 saturated carbocycles. The molecule has 0 saturated heterocycles. The van der Waals surface area contributed by atoms with Gasteiger partial charge in [0.1, 0.15) is 12.6 Å². The van der Waals surface area contributed by atoms with E-state index in [-0.39, 0.29) is 31.9 Å². The topological polar surface area (TPSA) is 131 Å². The Labute approximate surface area is 197 Å². The van der Waals surface area contributed by atoms with Crippen molar-refractivity contribution in [1.82, 2.24) is 10.6 Å². The number of hydrogen-bond donors (Lipinski definition) is 3. The Balaban J connectivity index is 1.49. The zero-order valence-electron chi connectivity index (χ0n) is 19.1. The second-order valence-corrected chi connectivity index (χ2v) is 8.12. The number of benzene rings is 2. The van der Waals surface area contributed by atoms with Gasteiger partial charge in [0.2, 0.25) is 5.91 Å². The number of methoxy groups -OCH3 is 1. The summed E-state index contributed by atoms with van der Waals surface area (Å²) < 4.78 is 9.93. The van der Waals surface area contributed by atoms with Gasteiger partial charge in [0, 0.05) is 18.9 Å². The van der Waals surface area contributed by atoms with E-state index in [1.807, 2.05) is 48.5 Å². The maximum Gasteiger partial charge on any atom is 0.407 e. The van der Waals surface area contributed by atoms with Crippen LogP contribution in [0.2, 0.25) is 0 Å². The van der Waals surface area contributed by atoms with Crippen molar-refractivity contribution >= 4 is 23.9 Å². The minimum Gasteiger partial charge on any atom is -0.480 e. The first-order valence-electron chi connectivity index (χ1n) is 11.0. The molecule has 0 radical (unpaired) electrons. The quantitative estimate of drug-likeness (QED) is 0.457. The molecule has 0 aromatic heterocycles. The number of nitrogens with one attached hydrogen (secondary N) is 2. The fourth-order valence-electron chi connectivity index (χ4n) is 3.91. The second-order valence-electron chi connectivity index (χ2n) is 8.12. The number of ether oxygens (including phenoxy) is 2. The number of fused-ring (bicyclic) bond motifs is 3. The van der Waals surface area contributed by atoms with Crippen LogP contribution in [0.5, 0.6) is 0 Å². The predicted octanol–water partition coefficient (Wildman–Crippen LogP) is 2.68. The van der Waals surface area contributed by atoms with Gasteiger partial charge in [-0.15, -0.1) is 0 Å². The Kier molecular flexibility index (Phi) is 8.24. The second kappa shape index (κ2) is 11.3. The van der Waals surface area contributed by atoms with Crippen molar-refractivity contribution in [2.75, 3.05) is 20.3 Å². The van der Waals surface area contributed by atoms with Gasteiger partial charge in [0.05, 0.1) is 13.0 Å². The van der Waals surface area contributed by atoms with Crippen LogP contribution in [0.25, 0.3) is 11.1 Å². The summed E-state index contributed by atoms with van der Waals surface area (Å²) in [6, 6.07) is 14.8. The molecule has 9 nitrogen and oxygen atoms in total. The van der Waals surface area contributed by atoms with E-state index < -0.39 is 35.9 Å². The lowest BCUT2D eigenvalue weighted by Crippen LogP contribution is -2.45. The van der Waals surface area contributed by atoms with Crippen LogP contribution in [0, 0.1) is 5.92 Å². The Morgan fingerprint density at radius 2 is 1.59 bits per heavy atom. The van der Waals surface area contributed by atoms with Gasteiger partial charge in [0.25, 0.3) is 0 Å². The molecule has 2 amide bonds. The zero-order valence-corrected chi connectivity index (χ0v) is 19.1. The van der Waals surface area contributed by atoms with Crippen molar-refractivity contribution in [1.29, 1.82) is 0 Å². The lowest BCUT2D eigenvalue weighted by atomic mass is 9.98. The summed E-state index contributed by atoms with van der Waals surface area (Å²) >= 11 is 0. The fraction of sp³-hybridized carbons (Fsp3) is 0.360. The predicted molar refractivity (Wildman–Crippen MR) is 123 cm³/mol. The van der Waals surface area contributed by atoms with Gasteiger partial charge in [-0.3, -0.25) is 9.59 Å². The van der Waals surface area contributed by atoms with Crippen molar-refractivity contribution in [3.05, 3.63) is 59.7 Å². The summed E-state index contributed by atoms with van der Waals surface area (Å²) in [5.41, 5.74) is 4.43. The van der Waals surface area contributed by atoms with Crippen LogP contribution in [-0.4, -0.2) is 55.3 Å². The highest BCUT2D eigenvalue weighted by Crippen LogP contribution is 2.44. The molecule has 9 heteroatoms. The lowest BCUT2D eigenvalue weighted by molar-refractivity contribution is -0.144. The van der Waals surface area contributed by atoms with Crippen molar-refractivity contribution in [3.8, 4) is 11.1 Å². The van der Waals surface area contributed by atoms with E-state index in [4.69, 9.17) is 4.74 Å². The monoisotopic (exact) mass is 468 g/mol. The normalized spacial score (nSPS) is 13.7. The van der Waals surface area contributed by atoms with Crippen LogP contribution in [0.1, 0.15) is 36.8 Å². The Bertz CT molecular complexity index is 1020. The first kappa shape index (κ1) is 24.8. The smallest absolute Gasteiger partial charge is 0.407 e. The van der Waals surface area contributed by atoms with E-state index in [1.165, 1.54) is 7.11 Å². The zero-order chi connectivity index (χ0) is 24.7. The number of aliphatic carboxylic acids is 1. The molecule has 3 rings (SSSR count). The molecule has 0 fully saturated rings. The highest BCUT2D eigenvalue weighted by atomic mass is 16.5. The highest BCUT2D eigenvalue weighted by Gasteiger charge is 2.29. The SMILES string of the molecule is COC(=O)CC[C@H](NC(=O)C(C)CNC(=O)OCC1c2ccccc2-c2ccccc21)C(=O)O. The molecule has 0 spiro atoms. The van der Waals surface area contributed by atoms with E-state index in [0.29, 0.717) is 0 Å². The number of alkyl carbamates (subject to hydrolysis) is 1. The molecule has 180 valence electrons. The summed E-state index contributed by atoms with van der Waals surface area (Å²) in [4.78, 5) is 47.2. The molecule has 0 heterocycles. The fourth-order valence-corrected chi connectivity index (χ4v) is 3.91. The van der Waals surface area contributed by atoms with E-state index in [1.54, 1.807) is 6.92 Å². The van der Waals surface area contributed by atoms with Crippen molar-refractivity contribution in [3.63, 3.8) is 0 Å². The average molecular weight is 469 g/mol. The molecule has 1 aliphatic rings. The van der Waals surface area contributed by atoms with Gasteiger partial charge in [-0.1, -0.05) is 55.5 Å². The van der Waals surface area contributed by atoms with Crippen LogP contribution in [0.4, 0.5) is 4.79 Å². The van der Waals surface area contributed by atoms with Crippen LogP contribution in [0.3, 0.4) is 0 Å². The largest absolute Gasteiger partial charge is 0.480 e. The number of esters is 1. The van der Waals surface area contributed by atoms with Crippen molar-refractivity contribution in [2.45, 2.75) is 31.7 Å². The number of amides is 2. The molecule has 34 heavy (non-hydrogen) atoms. The Morgan fingerprint density at radius 3 is 2.15 bits per heavy atom. The van der Waals surface area contributed by atoms with E-state index >= 15 is 0 Å². The van der Waals surface area contributed by atoms with E-state index in [2.05, 4.69) is 15.4 Å². The summed E-state index contributed by atoms with van der Waals surface area (Å²) in [7, 11) is 1.20. The third kappa shape index (κ3) is 5.92. The molecule has 3 N–H and O–H groups in total. The summed E-state index contributed by atoms with van der Waals surface area (Å²) in [5, 5.41) is 14.2. The van der Waals surface area contributed by atoms with Crippen LogP contribution >= 0.6 is 0 Å². The Morgan fingerprint density at radius 1 is 1.00 bits per heavy atom. The van der Waals surface area contributed by atoms with E-state index in [9.17, 15) is 24.3 Å². The highest BCUT2D eigenvalue weighted by molar-refractivity contribution is 5.85. The number of rotatable bonds is 10. The molecule has 1 aliphatic carbocycles. The van der Waals surface area contributed by atoms with Gasteiger partial charge < -0.3 is 25.2 Å². The maximum atomic E-state index is 12.3. The average Bonchev–Trinajstić information content (AvgIpc) is 3.16. The van der Waals surface area contributed by atoms with Gasteiger partial charge in [-0.2, -0.15) is 0 Å². The van der Waals surface area contributed by atoms with Crippen LogP contribution in [0.15, 0.2) is 48.5 Å². The van der Waals surface area contributed by atoms with Gasteiger partial charge in [-0.05, 0) is 28.7 Å². The van der Waals surface area contributed by atoms with Gasteiger partial charge >= 0.3 is 18.0 Å². The number of carboxylic acid groups (broad SMARTS) is 1. The minimum atomic E-state index is -1.26. The molecule has 1 unspecified atom stereocenters. The van der Waals surface area contributed by atoms with Crippen molar-refractivity contribution < 1.29 is 33.8 Å². The standard InChI is InChI=1S/C25H28N2O7/c1-15(23(29)27-21(24(30)31)11-12-22(28)33-2)13-26-25(32)34-14-20-18-9-5-3-7-16(18)17-8-4-6-10-19(17)20/h3-10,15,20-21H,11-14H2,1-2H3,(H,26,32)(H,27,29)(H,30,31)/t15?,21-/m0/s1. The molecular weight excluding hydrogens is 440 g/mol. The van der Waals surface area contributed by atoms with Crippen molar-refractivity contribution in [2.24, 2.45) is 5.92 Å². The summed E-state index contributed by atoms with van der Waals surface area (Å²) in [6.07, 6.45) is -0.901. The first-order valence-corrected chi connectivity index (χ1v) is 11.0. The van der Waals surface area contributed by atoms with Gasteiger partial charge in [0.15, 0.2) is 0 Å². The number of carbonyl (C=O) groups excluding carboxylic acids is 3. The first-order chi connectivity index (χ1) is 16.3. The lowest BCUT2D eigenvalue weighted by Gasteiger charge is -2.18. The summed E-state index contributed by atoms with van der Waals surface area (Å²) in [5.74, 6) is -3.17. The third-order valence-corrected chi connectivity index (χ3v) is 5.82. The molecule has 2 aromatic carbocycles. The number of carboxylic acids is 1. The van der Waals surface area contributed by atoms with Crippen LogP contribution in [-0.2, 0) is 23.9 Å². The molecular formula is C25H28N2O7. The van der Waals surface area contributed by atoms with E-state index in [0.717, 1.165) is 22.3 Å². The molecule has 0 aliphatic heterocycles. The number of carbonyl (C=O) groups is 4. The Hall–Kier alpha value is -3.88. The molecule has 0 bridgehead atoms. The van der Waals surface area contributed by atoms with Crippen LogP contribution < -0.4 is 10.6 Å². The molecule has 2 aromatic rings. The number of hydrogen-bond acceptors (Lipinski definition) is 6. The maximum absolute atomic E-state index is 12.3. The summed E-state index contributed by atoms with van der Waals surface area (Å²) in [6.45, 7) is 1.67. The minimum absolute atomic E-state index is 0.0359.